The Hall–Kier alpha value is -2.47. The first-order valence-corrected chi connectivity index (χ1v) is 10.4. The molecule has 0 spiro atoms. The molecule has 3 rings (SSSR count). The summed E-state index contributed by atoms with van der Waals surface area (Å²) in [5, 5.41) is 0. The number of hydrogen-bond donors (Lipinski definition) is 1. The van der Waals surface area contributed by atoms with Crippen LogP contribution in [0.25, 0.3) is 0 Å². The molecular formula is C23H28N2O3S. The number of carbonyl (C=O) groups excluding carboxylic acids is 2. The normalized spacial score (nSPS) is 15.3. The van der Waals surface area contributed by atoms with Gasteiger partial charge in [-0.3, -0.25) is 9.59 Å². The monoisotopic (exact) mass is 412 g/mol. The van der Waals surface area contributed by atoms with E-state index in [2.05, 4.69) is 26.5 Å². The van der Waals surface area contributed by atoms with E-state index in [0.717, 1.165) is 0 Å². The lowest BCUT2D eigenvalue weighted by Gasteiger charge is -2.36. The van der Waals surface area contributed by atoms with Crippen LogP contribution in [0.5, 0.6) is 5.75 Å². The molecule has 1 aliphatic rings. The second kappa shape index (κ2) is 9.35. The molecule has 6 heteroatoms. The van der Waals surface area contributed by atoms with Gasteiger partial charge < -0.3 is 14.5 Å². The summed E-state index contributed by atoms with van der Waals surface area (Å²) < 4.78 is 5.84. The number of nitrogens with zero attached hydrogens (tertiary/aromatic N) is 2. The van der Waals surface area contributed by atoms with Crippen molar-refractivity contribution in [1.82, 2.24) is 9.80 Å². The van der Waals surface area contributed by atoms with Crippen molar-refractivity contribution in [1.29, 1.82) is 0 Å². The first-order chi connectivity index (χ1) is 13.9. The van der Waals surface area contributed by atoms with E-state index >= 15 is 0 Å². The zero-order valence-corrected chi connectivity index (χ0v) is 18.1. The molecular weight excluding hydrogens is 384 g/mol. The van der Waals surface area contributed by atoms with Gasteiger partial charge in [-0.2, -0.15) is 0 Å². The van der Waals surface area contributed by atoms with Gasteiger partial charge in [0.2, 0.25) is 0 Å². The van der Waals surface area contributed by atoms with Crippen molar-refractivity contribution in [3.8, 4) is 5.75 Å². The van der Waals surface area contributed by atoms with Crippen molar-refractivity contribution < 1.29 is 14.3 Å². The SMILES string of the molecule is CC(Oc1ccc(C(C)C)cc1)C(=O)N1CCN(C(=O)c2ccccc2S)CC1. The van der Waals surface area contributed by atoms with Crippen LogP contribution in [-0.2, 0) is 4.79 Å². The van der Waals surface area contributed by atoms with Crippen molar-refractivity contribution in [2.45, 2.75) is 37.7 Å². The molecule has 154 valence electrons. The molecule has 1 aliphatic heterocycles. The van der Waals surface area contributed by atoms with Crippen molar-refractivity contribution in [3.05, 3.63) is 59.7 Å². The summed E-state index contributed by atoms with van der Waals surface area (Å²) in [6.45, 7) is 8.05. The summed E-state index contributed by atoms with van der Waals surface area (Å²) in [5.41, 5.74) is 1.83. The number of rotatable bonds is 5. The van der Waals surface area contributed by atoms with Crippen LogP contribution in [0.4, 0.5) is 0 Å². The maximum atomic E-state index is 12.8. The molecule has 0 aliphatic carbocycles. The van der Waals surface area contributed by atoms with Crippen LogP contribution in [0, 0.1) is 0 Å². The van der Waals surface area contributed by atoms with E-state index in [1.807, 2.05) is 42.5 Å². The largest absolute Gasteiger partial charge is 0.481 e. The van der Waals surface area contributed by atoms with Crippen molar-refractivity contribution in [2.75, 3.05) is 26.2 Å². The minimum Gasteiger partial charge on any atom is -0.481 e. The third kappa shape index (κ3) is 5.12. The van der Waals surface area contributed by atoms with E-state index in [4.69, 9.17) is 4.74 Å². The molecule has 2 amide bonds. The lowest BCUT2D eigenvalue weighted by atomic mass is 10.0. The van der Waals surface area contributed by atoms with Crippen LogP contribution in [0.3, 0.4) is 0 Å². The number of hydrogen-bond acceptors (Lipinski definition) is 4. The molecule has 0 saturated carbocycles. The Morgan fingerprint density at radius 3 is 2.07 bits per heavy atom. The van der Waals surface area contributed by atoms with Gasteiger partial charge in [0, 0.05) is 31.1 Å². The smallest absolute Gasteiger partial charge is 0.263 e. The average Bonchev–Trinajstić information content (AvgIpc) is 2.73. The van der Waals surface area contributed by atoms with E-state index in [0.29, 0.717) is 48.3 Å². The molecule has 1 atom stereocenters. The summed E-state index contributed by atoms with van der Waals surface area (Å²) in [4.78, 5) is 29.7. The summed E-state index contributed by atoms with van der Waals surface area (Å²) >= 11 is 4.37. The number of piperazine rings is 1. The van der Waals surface area contributed by atoms with Gasteiger partial charge in [-0.05, 0) is 42.7 Å². The highest BCUT2D eigenvalue weighted by Crippen LogP contribution is 2.20. The summed E-state index contributed by atoms with van der Waals surface area (Å²) in [6.07, 6.45) is -0.569. The van der Waals surface area contributed by atoms with Crippen molar-refractivity contribution in [3.63, 3.8) is 0 Å². The number of amides is 2. The lowest BCUT2D eigenvalue weighted by Crippen LogP contribution is -2.53. The molecule has 29 heavy (non-hydrogen) atoms. The Morgan fingerprint density at radius 1 is 0.897 bits per heavy atom. The summed E-state index contributed by atoms with van der Waals surface area (Å²) in [7, 11) is 0. The predicted molar refractivity (Wildman–Crippen MR) is 117 cm³/mol. The standard InChI is InChI=1S/C23H28N2O3S/c1-16(2)18-8-10-19(11-9-18)28-17(3)22(26)24-12-14-25(15-13-24)23(27)20-6-4-5-7-21(20)29/h4-11,16-17,29H,12-15H2,1-3H3. The van der Waals surface area contributed by atoms with Crippen molar-refractivity contribution in [2.24, 2.45) is 0 Å². The van der Waals surface area contributed by atoms with E-state index in [1.54, 1.807) is 22.8 Å². The average molecular weight is 413 g/mol. The molecule has 1 fully saturated rings. The third-order valence-electron chi connectivity index (χ3n) is 5.22. The summed E-state index contributed by atoms with van der Waals surface area (Å²) in [6, 6.07) is 15.1. The minimum atomic E-state index is -0.569. The van der Waals surface area contributed by atoms with Crippen molar-refractivity contribution >= 4 is 24.4 Å². The Kier molecular flexibility index (Phi) is 6.85. The third-order valence-corrected chi connectivity index (χ3v) is 5.61. The maximum Gasteiger partial charge on any atom is 0.263 e. The van der Waals surface area contributed by atoms with Crippen LogP contribution >= 0.6 is 12.6 Å². The quantitative estimate of drug-likeness (QED) is 0.759. The van der Waals surface area contributed by atoms with Crippen LogP contribution in [-0.4, -0.2) is 53.9 Å². The van der Waals surface area contributed by atoms with Gasteiger partial charge in [0.15, 0.2) is 6.10 Å². The van der Waals surface area contributed by atoms with Gasteiger partial charge in [-0.1, -0.05) is 38.1 Å². The topological polar surface area (TPSA) is 49.9 Å². The van der Waals surface area contributed by atoms with Crippen LogP contribution in [0.2, 0.25) is 0 Å². The van der Waals surface area contributed by atoms with Crippen LogP contribution in [0.15, 0.2) is 53.4 Å². The second-order valence-corrected chi connectivity index (χ2v) is 8.10. The number of ether oxygens (including phenoxy) is 1. The molecule has 5 nitrogen and oxygen atoms in total. The van der Waals surface area contributed by atoms with Gasteiger partial charge >= 0.3 is 0 Å². The highest BCUT2D eigenvalue weighted by Gasteiger charge is 2.28. The molecule has 0 aromatic heterocycles. The fourth-order valence-electron chi connectivity index (χ4n) is 3.40. The van der Waals surface area contributed by atoms with Gasteiger partial charge in [0.25, 0.3) is 11.8 Å². The Labute approximate surface area is 178 Å². The van der Waals surface area contributed by atoms with E-state index in [-0.39, 0.29) is 11.8 Å². The Bertz CT molecular complexity index is 859. The van der Waals surface area contributed by atoms with Crippen LogP contribution in [0.1, 0.15) is 42.6 Å². The van der Waals surface area contributed by atoms with E-state index in [1.165, 1.54) is 5.56 Å². The number of thiol groups is 1. The second-order valence-electron chi connectivity index (χ2n) is 7.62. The molecule has 0 radical (unpaired) electrons. The van der Waals surface area contributed by atoms with Gasteiger partial charge in [-0.15, -0.1) is 12.6 Å². The van der Waals surface area contributed by atoms with Gasteiger partial charge in [0.1, 0.15) is 5.75 Å². The Balaban J connectivity index is 1.54. The van der Waals surface area contributed by atoms with E-state index < -0.39 is 6.10 Å². The predicted octanol–water partition coefficient (Wildman–Crippen LogP) is 3.85. The zero-order chi connectivity index (χ0) is 21.0. The molecule has 1 saturated heterocycles. The highest BCUT2D eigenvalue weighted by atomic mass is 32.1. The first kappa shape index (κ1) is 21.2. The minimum absolute atomic E-state index is 0.0442. The number of carbonyl (C=O) groups is 2. The molecule has 0 bridgehead atoms. The fraction of sp³-hybridized carbons (Fsp3) is 0.391. The lowest BCUT2D eigenvalue weighted by molar-refractivity contribution is -0.139. The zero-order valence-electron chi connectivity index (χ0n) is 17.2. The van der Waals surface area contributed by atoms with Gasteiger partial charge in [-0.25, -0.2) is 0 Å². The Morgan fingerprint density at radius 2 is 1.48 bits per heavy atom. The fourth-order valence-corrected chi connectivity index (χ4v) is 3.65. The first-order valence-electron chi connectivity index (χ1n) is 9.99. The maximum absolute atomic E-state index is 12.8. The molecule has 1 unspecified atom stereocenters. The van der Waals surface area contributed by atoms with E-state index in [9.17, 15) is 9.59 Å². The molecule has 2 aromatic carbocycles. The summed E-state index contributed by atoms with van der Waals surface area (Å²) in [5.74, 6) is 1.04. The van der Waals surface area contributed by atoms with Gasteiger partial charge in [0.05, 0.1) is 5.56 Å². The molecule has 1 heterocycles. The van der Waals surface area contributed by atoms with Crippen LogP contribution < -0.4 is 4.74 Å². The number of benzene rings is 2. The molecule has 0 N–H and O–H groups in total. The highest BCUT2D eigenvalue weighted by molar-refractivity contribution is 7.80. The molecule has 2 aromatic rings.